The summed E-state index contributed by atoms with van der Waals surface area (Å²) in [7, 11) is 0. The summed E-state index contributed by atoms with van der Waals surface area (Å²) in [6.45, 7) is 1.90. The summed E-state index contributed by atoms with van der Waals surface area (Å²) in [4.78, 5) is 6.17. The maximum atomic E-state index is 12.6. The molecule has 126 valence electrons. The number of halogens is 4. The minimum Gasteiger partial charge on any atom is -0.326 e. The second kappa shape index (κ2) is 7.17. The van der Waals surface area contributed by atoms with Gasteiger partial charge in [-0.15, -0.1) is 23.7 Å². The lowest BCUT2D eigenvalue weighted by Gasteiger charge is -2.15. The largest absolute Gasteiger partial charge is 0.443 e. The molecule has 1 aliphatic rings. The van der Waals surface area contributed by atoms with Crippen LogP contribution in [0.5, 0.6) is 0 Å². The Hall–Kier alpha value is -1.15. The van der Waals surface area contributed by atoms with Crippen LogP contribution in [0.15, 0.2) is 36.5 Å². The highest BCUT2D eigenvalue weighted by Crippen LogP contribution is 2.34. The molecule has 0 amide bonds. The van der Waals surface area contributed by atoms with E-state index in [1.54, 1.807) is 0 Å². The van der Waals surface area contributed by atoms with Crippen LogP contribution in [0.2, 0.25) is 0 Å². The lowest BCUT2D eigenvalue weighted by atomic mass is 9.95. The minimum absolute atomic E-state index is 0. The van der Waals surface area contributed by atoms with E-state index in [0.717, 1.165) is 6.54 Å². The number of nitrogens with two attached hydrogens (primary N) is 1. The molecule has 23 heavy (non-hydrogen) atoms. The fraction of sp³-hybridized carbons (Fsp3) is 0.400. The van der Waals surface area contributed by atoms with Gasteiger partial charge >= 0.3 is 6.18 Å². The van der Waals surface area contributed by atoms with Crippen LogP contribution < -0.4 is 5.73 Å². The van der Waals surface area contributed by atoms with E-state index in [-0.39, 0.29) is 24.4 Å². The highest BCUT2D eigenvalue weighted by atomic mass is 35.5. The van der Waals surface area contributed by atoms with Crippen LogP contribution in [0.1, 0.15) is 21.4 Å². The zero-order valence-electron chi connectivity index (χ0n) is 12.2. The molecule has 0 bridgehead atoms. The third-order valence-electron chi connectivity index (χ3n) is 3.84. The molecule has 0 saturated carbocycles. The third kappa shape index (κ3) is 4.23. The second-order valence-corrected chi connectivity index (χ2v) is 6.62. The summed E-state index contributed by atoms with van der Waals surface area (Å²) in [6.07, 6.45) is -3.05. The number of nitrogens with zero attached hydrogens (tertiary/aromatic N) is 2. The Balaban J connectivity index is 0.00000192. The van der Waals surface area contributed by atoms with E-state index in [0.29, 0.717) is 29.3 Å². The van der Waals surface area contributed by atoms with Crippen molar-refractivity contribution in [2.24, 2.45) is 5.73 Å². The van der Waals surface area contributed by atoms with Gasteiger partial charge in [-0.3, -0.25) is 4.90 Å². The van der Waals surface area contributed by atoms with Crippen LogP contribution >= 0.6 is 23.7 Å². The minimum atomic E-state index is -4.36. The zero-order chi connectivity index (χ0) is 15.7. The van der Waals surface area contributed by atoms with Crippen LogP contribution in [0.4, 0.5) is 13.2 Å². The lowest BCUT2D eigenvalue weighted by Crippen LogP contribution is -2.28. The molecule has 1 aromatic carbocycles. The molecular formula is C15H17ClF3N3S. The van der Waals surface area contributed by atoms with Gasteiger partial charge in [0.15, 0.2) is 5.01 Å². The lowest BCUT2D eigenvalue weighted by molar-refractivity contribution is -0.137. The van der Waals surface area contributed by atoms with E-state index in [9.17, 15) is 13.2 Å². The molecule has 1 saturated heterocycles. The van der Waals surface area contributed by atoms with E-state index in [1.165, 1.54) is 11.8 Å². The van der Waals surface area contributed by atoms with E-state index in [2.05, 4.69) is 9.88 Å². The first kappa shape index (κ1) is 18.2. The Bertz CT molecular complexity index is 632. The van der Waals surface area contributed by atoms with Gasteiger partial charge in [-0.25, -0.2) is 4.98 Å². The Kier molecular flexibility index (Phi) is 5.67. The Morgan fingerprint density at radius 1 is 1.22 bits per heavy atom. The van der Waals surface area contributed by atoms with Crippen molar-refractivity contribution in [2.75, 3.05) is 13.1 Å². The van der Waals surface area contributed by atoms with Crippen LogP contribution in [-0.2, 0) is 12.7 Å². The number of aromatic nitrogens is 1. The predicted octanol–water partition coefficient (Wildman–Crippen LogP) is 3.51. The van der Waals surface area contributed by atoms with Gasteiger partial charge in [-0.1, -0.05) is 30.3 Å². The standard InChI is InChI=1S/C15H16F3N3S.ClH/c16-15(17,18)14-20-6-11(22-14)7-21-8-12(13(19)9-21)10-4-2-1-3-5-10;/h1-6,12-13H,7-9,19H2;1H/t12-,13+;/m0./s1. The molecule has 0 unspecified atom stereocenters. The molecule has 1 aliphatic heterocycles. The number of alkyl halides is 3. The maximum Gasteiger partial charge on any atom is 0.443 e. The number of rotatable bonds is 3. The highest BCUT2D eigenvalue weighted by molar-refractivity contribution is 7.11. The SMILES string of the molecule is Cl.N[C@@H]1CN(Cc2cnc(C(F)(F)F)s2)C[C@H]1c1ccccc1. The van der Waals surface area contributed by atoms with Crippen LogP contribution in [0, 0.1) is 0 Å². The van der Waals surface area contributed by atoms with Crippen LogP contribution in [0.25, 0.3) is 0 Å². The van der Waals surface area contributed by atoms with Gasteiger partial charge in [-0.05, 0) is 5.56 Å². The van der Waals surface area contributed by atoms with Gasteiger partial charge in [0.25, 0.3) is 0 Å². The molecule has 1 aromatic heterocycles. The highest BCUT2D eigenvalue weighted by Gasteiger charge is 2.35. The predicted molar refractivity (Wildman–Crippen MR) is 86.8 cm³/mol. The van der Waals surface area contributed by atoms with Crippen molar-refractivity contribution in [2.45, 2.75) is 24.7 Å². The summed E-state index contributed by atoms with van der Waals surface area (Å²) in [5.74, 6) is 0.219. The Labute approximate surface area is 142 Å². The summed E-state index contributed by atoms with van der Waals surface area (Å²) >= 11 is 0.706. The van der Waals surface area contributed by atoms with E-state index in [4.69, 9.17) is 5.73 Å². The third-order valence-corrected chi connectivity index (χ3v) is 4.87. The Morgan fingerprint density at radius 3 is 2.52 bits per heavy atom. The van der Waals surface area contributed by atoms with Gasteiger partial charge < -0.3 is 5.73 Å². The van der Waals surface area contributed by atoms with Gasteiger partial charge in [0, 0.05) is 42.7 Å². The molecule has 3 nitrogen and oxygen atoms in total. The topological polar surface area (TPSA) is 42.1 Å². The molecule has 0 radical (unpaired) electrons. The van der Waals surface area contributed by atoms with Gasteiger partial charge in [0.05, 0.1) is 0 Å². The van der Waals surface area contributed by atoms with Crippen molar-refractivity contribution < 1.29 is 13.2 Å². The quantitative estimate of drug-likeness (QED) is 0.907. The fourth-order valence-corrected chi connectivity index (χ4v) is 3.65. The van der Waals surface area contributed by atoms with Gasteiger partial charge in [0.1, 0.15) is 0 Å². The summed E-state index contributed by atoms with van der Waals surface area (Å²) < 4.78 is 37.7. The molecular weight excluding hydrogens is 347 g/mol. The average molecular weight is 364 g/mol. The number of thiazole rings is 1. The zero-order valence-corrected chi connectivity index (χ0v) is 13.8. The molecule has 0 spiro atoms. The number of likely N-dealkylation sites (tertiary alicyclic amines) is 1. The molecule has 2 heterocycles. The summed E-state index contributed by atoms with van der Waals surface area (Å²) in [5.41, 5.74) is 7.37. The van der Waals surface area contributed by atoms with Gasteiger partial charge in [0.2, 0.25) is 0 Å². The monoisotopic (exact) mass is 363 g/mol. The maximum absolute atomic E-state index is 12.6. The average Bonchev–Trinajstić information content (AvgIpc) is 3.07. The van der Waals surface area contributed by atoms with Crippen LogP contribution in [0.3, 0.4) is 0 Å². The van der Waals surface area contributed by atoms with Crippen molar-refractivity contribution >= 4 is 23.7 Å². The first-order chi connectivity index (χ1) is 10.4. The number of benzene rings is 1. The molecule has 8 heteroatoms. The van der Waals surface area contributed by atoms with Crippen molar-refractivity contribution in [1.82, 2.24) is 9.88 Å². The second-order valence-electron chi connectivity index (χ2n) is 5.50. The first-order valence-electron chi connectivity index (χ1n) is 6.98. The first-order valence-corrected chi connectivity index (χ1v) is 7.80. The molecule has 0 aliphatic carbocycles. The molecule has 2 N–H and O–H groups in total. The number of hydrogen-bond donors (Lipinski definition) is 1. The Morgan fingerprint density at radius 2 is 1.91 bits per heavy atom. The van der Waals surface area contributed by atoms with E-state index < -0.39 is 11.2 Å². The molecule has 2 aromatic rings. The van der Waals surface area contributed by atoms with E-state index in [1.807, 2.05) is 30.3 Å². The van der Waals surface area contributed by atoms with Crippen molar-refractivity contribution in [3.8, 4) is 0 Å². The van der Waals surface area contributed by atoms with Gasteiger partial charge in [-0.2, -0.15) is 13.2 Å². The smallest absolute Gasteiger partial charge is 0.326 e. The van der Waals surface area contributed by atoms with Crippen molar-refractivity contribution in [1.29, 1.82) is 0 Å². The number of hydrogen-bond acceptors (Lipinski definition) is 4. The summed E-state index contributed by atoms with van der Waals surface area (Å²) in [6, 6.07) is 9.99. The van der Waals surface area contributed by atoms with E-state index >= 15 is 0 Å². The van der Waals surface area contributed by atoms with Crippen LogP contribution in [-0.4, -0.2) is 29.0 Å². The normalized spacial score (nSPS) is 22.1. The van der Waals surface area contributed by atoms with Crippen molar-refractivity contribution in [3.05, 3.63) is 52.0 Å². The molecule has 1 fully saturated rings. The fourth-order valence-electron chi connectivity index (χ4n) is 2.83. The molecule has 2 atom stereocenters. The summed E-state index contributed by atoms with van der Waals surface area (Å²) in [5, 5.41) is -0.786. The van der Waals surface area contributed by atoms with Crippen molar-refractivity contribution in [3.63, 3.8) is 0 Å². The molecule has 3 rings (SSSR count).